The zero-order valence-electron chi connectivity index (χ0n) is 11.0. The lowest BCUT2D eigenvalue weighted by molar-refractivity contribution is -0.121. The highest BCUT2D eigenvalue weighted by Gasteiger charge is 2.35. The van der Waals surface area contributed by atoms with E-state index in [2.05, 4.69) is 24.8 Å². The maximum absolute atomic E-state index is 11.8. The first-order valence-corrected chi connectivity index (χ1v) is 6.59. The van der Waals surface area contributed by atoms with Gasteiger partial charge in [-0.2, -0.15) is 0 Å². The Morgan fingerprint density at radius 1 is 1.33 bits per heavy atom. The fourth-order valence-electron chi connectivity index (χ4n) is 2.92. The zero-order valence-corrected chi connectivity index (χ0v) is 11.0. The first kappa shape index (κ1) is 12.8. The lowest BCUT2D eigenvalue weighted by Gasteiger charge is -2.35. The molecule has 1 nitrogen and oxygen atoms in total. The molecule has 1 fully saturated rings. The van der Waals surface area contributed by atoms with Gasteiger partial charge in [-0.1, -0.05) is 42.5 Å². The Balaban J connectivity index is 2.50. The van der Waals surface area contributed by atoms with E-state index in [-0.39, 0.29) is 5.41 Å². The van der Waals surface area contributed by atoms with Crippen molar-refractivity contribution in [2.45, 2.75) is 38.0 Å². The molecule has 2 rings (SSSR count). The molecule has 1 aromatic rings. The summed E-state index contributed by atoms with van der Waals surface area (Å²) in [5.41, 5.74) is 2.28. The van der Waals surface area contributed by atoms with Gasteiger partial charge in [-0.05, 0) is 30.9 Å². The van der Waals surface area contributed by atoms with Crippen LogP contribution in [-0.4, -0.2) is 5.78 Å². The Labute approximate surface area is 109 Å². The van der Waals surface area contributed by atoms with E-state index in [9.17, 15) is 4.79 Å². The average Bonchev–Trinajstić information content (AvgIpc) is 2.39. The molecule has 0 spiro atoms. The Morgan fingerprint density at radius 3 is 2.78 bits per heavy atom. The van der Waals surface area contributed by atoms with Crippen LogP contribution in [-0.2, 0) is 10.2 Å². The predicted molar refractivity (Wildman–Crippen MR) is 76.5 cm³/mol. The van der Waals surface area contributed by atoms with Crippen LogP contribution >= 0.6 is 0 Å². The van der Waals surface area contributed by atoms with Gasteiger partial charge in [0, 0.05) is 18.3 Å². The van der Waals surface area contributed by atoms with E-state index in [1.54, 1.807) is 0 Å². The molecule has 1 aliphatic carbocycles. The maximum atomic E-state index is 11.8. The summed E-state index contributed by atoms with van der Waals surface area (Å²) in [7, 11) is 0. The summed E-state index contributed by atoms with van der Waals surface area (Å²) in [6.45, 7) is 6.01. The van der Waals surface area contributed by atoms with Crippen LogP contribution in [0.15, 0.2) is 43.0 Å². The second-order valence-corrected chi connectivity index (χ2v) is 5.02. The van der Waals surface area contributed by atoms with Crippen molar-refractivity contribution >= 4 is 11.9 Å². The number of hydrogen-bond donors (Lipinski definition) is 0. The Hall–Kier alpha value is -1.63. The van der Waals surface area contributed by atoms with Gasteiger partial charge >= 0.3 is 0 Å². The molecule has 94 valence electrons. The molecular weight excluding hydrogens is 220 g/mol. The summed E-state index contributed by atoms with van der Waals surface area (Å²) in [5.74, 6) is 0.358. The van der Waals surface area contributed by atoms with Crippen LogP contribution in [0.3, 0.4) is 0 Å². The highest BCUT2D eigenvalue weighted by molar-refractivity contribution is 5.82. The molecule has 1 saturated carbocycles. The van der Waals surface area contributed by atoms with Crippen molar-refractivity contribution in [2.24, 2.45) is 0 Å². The molecule has 1 aliphatic rings. The summed E-state index contributed by atoms with van der Waals surface area (Å²) >= 11 is 0. The van der Waals surface area contributed by atoms with Gasteiger partial charge in [0.2, 0.25) is 0 Å². The molecule has 0 saturated heterocycles. The first-order chi connectivity index (χ1) is 8.72. The predicted octanol–water partition coefficient (Wildman–Crippen LogP) is 4.29. The van der Waals surface area contributed by atoms with Crippen molar-refractivity contribution in [2.75, 3.05) is 0 Å². The minimum Gasteiger partial charge on any atom is -0.300 e. The van der Waals surface area contributed by atoms with Gasteiger partial charge < -0.3 is 0 Å². The molecule has 18 heavy (non-hydrogen) atoms. The Kier molecular flexibility index (Phi) is 3.81. The summed E-state index contributed by atoms with van der Waals surface area (Å²) in [6.07, 6.45) is 9.45. The third-order valence-corrected chi connectivity index (χ3v) is 3.83. The van der Waals surface area contributed by atoms with Crippen LogP contribution in [0.5, 0.6) is 0 Å². The van der Waals surface area contributed by atoms with Crippen molar-refractivity contribution in [3.8, 4) is 0 Å². The maximum Gasteiger partial charge on any atom is 0.134 e. The molecule has 1 heteroatoms. The minimum absolute atomic E-state index is 0.161. The second kappa shape index (κ2) is 5.34. The highest BCUT2D eigenvalue weighted by Crippen LogP contribution is 2.40. The molecule has 0 amide bonds. The van der Waals surface area contributed by atoms with Gasteiger partial charge in [-0.15, -0.1) is 6.58 Å². The normalized spacial score (nSPS) is 24.4. The van der Waals surface area contributed by atoms with Gasteiger partial charge in [0.15, 0.2) is 0 Å². The first-order valence-electron chi connectivity index (χ1n) is 6.59. The van der Waals surface area contributed by atoms with Crippen molar-refractivity contribution in [1.82, 2.24) is 0 Å². The Bertz CT molecular complexity index is 484. The van der Waals surface area contributed by atoms with Crippen molar-refractivity contribution < 1.29 is 4.79 Å². The van der Waals surface area contributed by atoms with Crippen LogP contribution in [0, 0.1) is 0 Å². The number of benzene rings is 1. The van der Waals surface area contributed by atoms with Gasteiger partial charge in [-0.25, -0.2) is 0 Å². The van der Waals surface area contributed by atoms with Gasteiger partial charge in [-0.3, -0.25) is 4.79 Å². The van der Waals surface area contributed by atoms with E-state index in [1.807, 2.05) is 31.2 Å². The molecule has 0 aliphatic heterocycles. The SMILES string of the molecule is C=CC1(c2ccccc2C=CC)CCCC(=O)C1. The second-order valence-electron chi connectivity index (χ2n) is 5.02. The lowest BCUT2D eigenvalue weighted by Crippen LogP contribution is -2.31. The van der Waals surface area contributed by atoms with E-state index in [0.29, 0.717) is 12.2 Å². The zero-order chi connectivity index (χ0) is 13.0. The van der Waals surface area contributed by atoms with Crippen molar-refractivity contribution in [3.05, 3.63) is 54.1 Å². The van der Waals surface area contributed by atoms with Crippen LogP contribution in [0.2, 0.25) is 0 Å². The van der Waals surface area contributed by atoms with Gasteiger partial charge in [0.05, 0.1) is 0 Å². The standard InChI is InChI=1S/C17H20O/c1-3-8-14-9-5-6-11-16(14)17(4-2)12-7-10-15(18)13-17/h3-6,8-9,11H,2,7,10,12-13H2,1H3. The third-order valence-electron chi connectivity index (χ3n) is 3.83. The van der Waals surface area contributed by atoms with Crippen LogP contribution in [0.4, 0.5) is 0 Å². The summed E-state index contributed by atoms with van der Waals surface area (Å²) in [6, 6.07) is 8.34. The molecule has 1 aromatic carbocycles. The number of hydrogen-bond acceptors (Lipinski definition) is 1. The number of carbonyl (C=O) groups is 1. The number of Topliss-reactive ketones (excluding diaryl/α,β-unsaturated/α-hetero) is 1. The van der Waals surface area contributed by atoms with Crippen molar-refractivity contribution in [1.29, 1.82) is 0 Å². The molecule has 1 atom stereocenters. The molecule has 0 radical (unpaired) electrons. The summed E-state index contributed by atoms with van der Waals surface area (Å²) in [5, 5.41) is 0. The van der Waals surface area contributed by atoms with Gasteiger partial charge in [0.25, 0.3) is 0 Å². The van der Waals surface area contributed by atoms with E-state index >= 15 is 0 Å². The average molecular weight is 240 g/mol. The molecule has 0 aromatic heterocycles. The quantitative estimate of drug-likeness (QED) is 0.720. The topological polar surface area (TPSA) is 17.1 Å². The molecule has 0 bridgehead atoms. The Morgan fingerprint density at radius 2 is 2.11 bits per heavy atom. The van der Waals surface area contributed by atoms with Crippen LogP contribution < -0.4 is 0 Å². The molecular formula is C17H20O. The fourth-order valence-corrected chi connectivity index (χ4v) is 2.92. The number of ketones is 1. The number of rotatable bonds is 3. The van der Waals surface area contributed by atoms with E-state index in [4.69, 9.17) is 0 Å². The smallest absolute Gasteiger partial charge is 0.134 e. The monoisotopic (exact) mass is 240 g/mol. The third kappa shape index (κ3) is 2.31. The molecule has 0 heterocycles. The summed E-state index contributed by atoms with van der Waals surface area (Å²) in [4.78, 5) is 11.8. The van der Waals surface area contributed by atoms with E-state index < -0.39 is 0 Å². The fraction of sp³-hybridized carbons (Fsp3) is 0.353. The van der Waals surface area contributed by atoms with Crippen LogP contribution in [0.1, 0.15) is 43.7 Å². The largest absolute Gasteiger partial charge is 0.300 e. The lowest BCUT2D eigenvalue weighted by atomic mass is 9.68. The van der Waals surface area contributed by atoms with Crippen molar-refractivity contribution in [3.63, 3.8) is 0 Å². The van der Waals surface area contributed by atoms with E-state index in [0.717, 1.165) is 19.3 Å². The number of allylic oxidation sites excluding steroid dienone is 2. The van der Waals surface area contributed by atoms with Gasteiger partial charge in [0.1, 0.15) is 5.78 Å². The minimum atomic E-state index is -0.161. The summed E-state index contributed by atoms with van der Waals surface area (Å²) < 4.78 is 0. The number of carbonyl (C=O) groups excluding carboxylic acids is 1. The highest BCUT2D eigenvalue weighted by atomic mass is 16.1. The molecule has 1 unspecified atom stereocenters. The van der Waals surface area contributed by atoms with E-state index in [1.165, 1.54) is 11.1 Å². The molecule has 0 N–H and O–H groups in total. The van der Waals surface area contributed by atoms with Crippen LogP contribution in [0.25, 0.3) is 6.08 Å².